The van der Waals surface area contributed by atoms with Crippen molar-refractivity contribution in [2.45, 2.75) is 13.2 Å². The fourth-order valence-electron chi connectivity index (χ4n) is 2.41. The molecule has 1 aromatic heterocycles. The molecule has 0 radical (unpaired) electrons. The minimum atomic E-state index is 0.371. The molecule has 5 nitrogen and oxygen atoms in total. The van der Waals surface area contributed by atoms with Crippen LogP contribution in [-0.4, -0.2) is 28.8 Å². The molecule has 0 spiro atoms. The summed E-state index contributed by atoms with van der Waals surface area (Å²) < 4.78 is 12.5. The summed E-state index contributed by atoms with van der Waals surface area (Å²) in [6.07, 6.45) is 0. The number of aromatic nitrogens is 2. The number of nitrogens with zero attached hydrogens (tertiary/aromatic N) is 3. The summed E-state index contributed by atoms with van der Waals surface area (Å²) in [5.41, 5.74) is 2.11. The molecule has 0 atom stereocenters. The van der Waals surface area contributed by atoms with Gasteiger partial charge in [0.2, 0.25) is 5.89 Å². The van der Waals surface area contributed by atoms with Crippen molar-refractivity contribution >= 4 is 12.2 Å². The molecule has 3 aromatic rings. The third-order valence-corrected chi connectivity index (χ3v) is 3.91. The Hall–Kier alpha value is -2.44. The molecular formula is C18H19N3O2S. The topological polar surface area (TPSA) is 43.4 Å². The van der Waals surface area contributed by atoms with Gasteiger partial charge in [0.25, 0.3) is 4.84 Å². The molecule has 0 saturated carbocycles. The van der Waals surface area contributed by atoms with Gasteiger partial charge in [-0.25, -0.2) is 4.68 Å². The van der Waals surface area contributed by atoms with Crippen LogP contribution in [-0.2, 0) is 13.2 Å². The van der Waals surface area contributed by atoms with Crippen LogP contribution >= 0.6 is 12.2 Å². The van der Waals surface area contributed by atoms with Gasteiger partial charge in [0.05, 0.1) is 13.8 Å². The second-order valence-corrected chi connectivity index (χ2v) is 5.89. The van der Waals surface area contributed by atoms with E-state index in [1.165, 1.54) is 5.56 Å². The Balaban J connectivity index is 1.69. The summed E-state index contributed by atoms with van der Waals surface area (Å²) in [4.78, 5) is 2.49. The van der Waals surface area contributed by atoms with Gasteiger partial charge >= 0.3 is 0 Å². The van der Waals surface area contributed by atoms with E-state index in [1.54, 1.807) is 11.8 Å². The molecule has 2 aromatic carbocycles. The monoisotopic (exact) mass is 341 g/mol. The van der Waals surface area contributed by atoms with Crippen molar-refractivity contribution in [3.8, 4) is 17.2 Å². The third-order valence-electron chi connectivity index (χ3n) is 3.61. The second kappa shape index (κ2) is 7.42. The molecule has 0 unspecified atom stereocenters. The van der Waals surface area contributed by atoms with Crippen molar-refractivity contribution in [3.63, 3.8) is 0 Å². The maximum atomic E-state index is 5.61. The number of rotatable bonds is 6. The van der Waals surface area contributed by atoms with Gasteiger partial charge in [-0.1, -0.05) is 30.3 Å². The van der Waals surface area contributed by atoms with E-state index in [2.05, 4.69) is 10.00 Å². The van der Waals surface area contributed by atoms with Crippen molar-refractivity contribution in [3.05, 3.63) is 65.0 Å². The molecule has 0 N–H and O–H groups in total. The Labute approximate surface area is 146 Å². The molecule has 0 saturated heterocycles. The molecule has 0 amide bonds. The average molecular weight is 341 g/mol. The summed E-state index contributed by atoms with van der Waals surface area (Å²) in [6.45, 7) is 1.33. The molecule has 0 fully saturated rings. The standard InChI is InChI=1S/C18H19N3O2S/c1-20(12-14-8-10-16(22-2)11-9-14)13-21-18(24)23-17(19-21)15-6-4-3-5-7-15/h3-11H,12-13H2,1-2H3. The highest BCUT2D eigenvalue weighted by atomic mass is 32.1. The van der Waals surface area contributed by atoms with Gasteiger partial charge in [0, 0.05) is 12.1 Å². The van der Waals surface area contributed by atoms with E-state index in [4.69, 9.17) is 21.4 Å². The van der Waals surface area contributed by atoms with E-state index in [0.29, 0.717) is 17.4 Å². The van der Waals surface area contributed by atoms with Gasteiger partial charge in [-0.3, -0.25) is 4.90 Å². The van der Waals surface area contributed by atoms with Crippen molar-refractivity contribution in [2.24, 2.45) is 0 Å². The van der Waals surface area contributed by atoms with Crippen LogP contribution < -0.4 is 4.74 Å². The van der Waals surface area contributed by atoms with E-state index in [0.717, 1.165) is 17.9 Å². The molecule has 1 heterocycles. The Morgan fingerprint density at radius 2 is 1.83 bits per heavy atom. The second-order valence-electron chi connectivity index (χ2n) is 5.54. The van der Waals surface area contributed by atoms with Crippen molar-refractivity contribution in [2.75, 3.05) is 14.2 Å². The van der Waals surface area contributed by atoms with Crippen LogP contribution in [0, 0.1) is 4.84 Å². The normalized spacial score (nSPS) is 11.0. The van der Waals surface area contributed by atoms with Gasteiger partial charge < -0.3 is 9.15 Å². The van der Waals surface area contributed by atoms with E-state index >= 15 is 0 Å². The fraction of sp³-hybridized carbons (Fsp3) is 0.222. The van der Waals surface area contributed by atoms with Gasteiger partial charge in [-0.15, -0.1) is 5.10 Å². The zero-order valence-corrected chi connectivity index (χ0v) is 14.5. The predicted molar refractivity (Wildman–Crippen MR) is 95.2 cm³/mol. The van der Waals surface area contributed by atoms with Crippen molar-refractivity contribution in [1.82, 2.24) is 14.7 Å². The van der Waals surface area contributed by atoms with Crippen LogP contribution in [0.4, 0.5) is 0 Å². The zero-order valence-electron chi connectivity index (χ0n) is 13.7. The Morgan fingerprint density at radius 3 is 2.50 bits per heavy atom. The van der Waals surface area contributed by atoms with Crippen molar-refractivity contribution in [1.29, 1.82) is 0 Å². The summed E-state index contributed by atoms with van der Waals surface area (Å²) in [7, 11) is 3.68. The van der Waals surface area contributed by atoms with Crippen molar-refractivity contribution < 1.29 is 9.15 Å². The largest absolute Gasteiger partial charge is 0.497 e. The molecule has 24 heavy (non-hydrogen) atoms. The van der Waals surface area contributed by atoms with Crippen LogP contribution in [0.25, 0.3) is 11.5 Å². The van der Waals surface area contributed by atoms with Crippen LogP contribution in [0.5, 0.6) is 5.75 Å². The molecule has 0 bridgehead atoms. The molecule has 124 valence electrons. The molecule has 3 rings (SSSR count). The highest BCUT2D eigenvalue weighted by molar-refractivity contribution is 7.71. The molecule has 0 aliphatic heterocycles. The van der Waals surface area contributed by atoms with Crippen LogP contribution in [0.1, 0.15) is 5.56 Å². The van der Waals surface area contributed by atoms with E-state index < -0.39 is 0 Å². The van der Waals surface area contributed by atoms with Crippen LogP contribution in [0.3, 0.4) is 0 Å². The third kappa shape index (κ3) is 3.90. The highest BCUT2D eigenvalue weighted by Gasteiger charge is 2.10. The number of methoxy groups -OCH3 is 1. The first-order chi connectivity index (χ1) is 11.7. The maximum Gasteiger partial charge on any atom is 0.288 e. The number of benzene rings is 2. The first-order valence-electron chi connectivity index (χ1n) is 7.60. The molecule has 0 aliphatic rings. The molecular weight excluding hydrogens is 322 g/mol. The highest BCUT2D eigenvalue weighted by Crippen LogP contribution is 2.17. The van der Waals surface area contributed by atoms with Gasteiger partial charge in [0.1, 0.15) is 5.75 Å². The average Bonchev–Trinajstić information content (AvgIpc) is 2.97. The lowest BCUT2D eigenvalue weighted by molar-refractivity contribution is 0.240. The maximum absolute atomic E-state index is 5.61. The molecule has 6 heteroatoms. The fourth-order valence-corrected chi connectivity index (χ4v) is 2.59. The van der Waals surface area contributed by atoms with Gasteiger partial charge in [-0.2, -0.15) is 0 Å². The minimum Gasteiger partial charge on any atom is -0.497 e. The Morgan fingerprint density at radius 1 is 1.12 bits per heavy atom. The number of hydrogen-bond acceptors (Lipinski definition) is 5. The first-order valence-corrected chi connectivity index (χ1v) is 8.01. The number of hydrogen-bond donors (Lipinski definition) is 0. The lowest BCUT2D eigenvalue weighted by Crippen LogP contribution is -2.22. The van der Waals surface area contributed by atoms with Gasteiger partial charge in [-0.05, 0) is 49.1 Å². The summed E-state index contributed by atoms with van der Waals surface area (Å²) in [5, 5.41) is 4.47. The van der Waals surface area contributed by atoms with E-state index in [-0.39, 0.29) is 0 Å². The smallest absolute Gasteiger partial charge is 0.288 e. The first kappa shape index (κ1) is 16.4. The number of ether oxygens (including phenoxy) is 1. The van der Waals surface area contributed by atoms with Crippen LogP contribution in [0.15, 0.2) is 59.0 Å². The summed E-state index contributed by atoms with van der Waals surface area (Å²) in [5.74, 6) is 1.39. The zero-order chi connectivity index (χ0) is 16.9. The predicted octanol–water partition coefficient (Wildman–Crippen LogP) is 3.97. The quantitative estimate of drug-likeness (QED) is 0.635. The lowest BCUT2D eigenvalue weighted by atomic mass is 10.2. The summed E-state index contributed by atoms with van der Waals surface area (Å²) >= 11 is 5.28. The summed E-state index contributed by atoms with van der Waals surface area (Å²) in [6, 6.07) is 17.8. The lowest BCUT2D eigenvalue weighted by Gasteiger charge is -2.16. The Kier molecular flexibility index (Phi) is 5.08. The van der Waals surface area contributed by atoms with E-state index in [1.807, 2.05) is 61.6 Å². The van der Waals surface area contributed by atoms with Crippen LogP contribution in [0.2, 0.25) is 0 Å². The van der Waals surface area contributed by atoms with E-state index in [9.17, 15) is 0 Å². The Bertz CT molecular complexity index is 841. The molecule has 0 aliphatic carbocycles. The SMILES string of the molecule is COc1ccc(CN(C)Cn2nc(-c3ccccc3)oc2=S)cc1. The minimum absolute atomic E-state index is 0.371. The van der Waals surface area contributed by atoms with Gasteiger partial charge in [0.15, 0.2) is 0 Å².